The second-order valence-electron chi connectivity index (χ2n) is 6.43. The maximum Gasteiger partial charge on any atom is 0.523 e. The summed E-state index contributed by atoms with van der Waals surface area (Å²) in [6.07, 6.45) is 2.01. The molecule has 11 heteroatoms. The van der Waals surface area contributed by atoms with Crippen LogP contribution in [0.1, 0.15) is 0 Å². The normalized spacial score (nSPS) is 21.9. The van der Waals surface area contributed by atoms with Crippen molar-refractivity contribution < 1.29 is 25.8 Å². The van der Waals surface area contributed by atoms with Gasteiger partial charge in [0.1, 0.15) is 0 Å². The molecule has 24 heavy (non-hydrogen) atoms. The second kappa shape index (κ2) is 6.42. The maximum absolute atomic E-state index is 12.8. The molecule has 0 fully saturated rings. The van der Waals surface area contributed by atoms with Gasteiger partial charge in [-0.25, -0.2) is 4.18 Å². The van der Waals surface area contributed by atoms with Gasteiger partial charge in [0.2, 0.25) is 0 Å². The molecule has 136 valence electrons. The molecule has 4 nitrogen and oxygen atoms in total. The Kier molecular flexibility index (Phi) is 5.34. The summed E-state index contributed by atoms with van der Waals surface area (Å²) in [6, 6.07) is 7.04. The highest BCUT2D eigenvalue weighted by Crippen LogP contribution is 2.57. The summed E-state index contributed by atoms with van der Waals surface area (Å²) in [4.78, 5) is 2.34. The van der Waals surface area contributed by atoms with Gasteiger partial charge < -0.3 is 4.90 Å². The predicted octanol–water partition coefficient (Wildman–Crippen LogP) is 4.32. The Balaban J connectivity index is 2.51. The molecule has 0 bridgehead atoms. The standard InChI is InChI=1S/C13H18F3NO3S3Si/c1-21-13(20-23(18,19)12(14,15)16)17(9-24(2,3)4)10-7-5-6-8-11(10)22-13/h5-8H,9H2,1-4H3. The smallest absolute Gasteiger partial charge is 0.327 e. The first-order chi connectivity index (χ1) is 10.8. The van der Waals surface area contributed by atoms with Crippen molar-refractivity contribution in [2.24, 2.45) is 0 Å². The number of nitrogens with zero attached hydrogens (tertiary/aromatic N) is 1. The van der Waals surface area contributed by atoms with E-state index in [9.17, 15) is 21.6 Å². The number of fused-ring (bicyclic) bond motifs is 1. The molecule has 1 atom stereocenters. The lowest BCUT2D eigenvalue weighted by atomic mass is 10.3. The minimum absolute atomic E-state index is 0.464. The first-order valence-corrected chi connectivity index (χ1v) is 14.1. The number of hydrogen-bond donors (Lipinski definition) is 0. The molecule has 0 radical (unpaired) electrons. The van der Waals surface area contributed by atoms with E-state index in [4.69, 9.17) is 4.18 Å². The van der Waals surface area contributed by atoms with E-state index >= 15 is 0 Å². The van der Waals surface area contributed by atoms with E-state index in [0.717, 1.165) is 23.5 Å². The van der Waals surface area contributed by atoms with Crippen molar-refractivity contribution in [1.82, 2.24) is 0 Å². The van der Waals surface area contributed by atoms with Crippen molar-refractivity contribution in [3.63, 3.8) is 0 Å². The van der Waals surface area contributed by atoms with E-state index in [0.29, 0.717) is 16.8 Å². The summed E-state index contributed by atoms with van der Waals surface area (Å²) in [5.41, 5.74) is -4.77. The lowest BCUT2D eigenvalue weighted by Crippen LogP contribution is -2.52. The Morgan fingerprint density at radius 3 is 2.38 bits per heavy atom. The van der Waals surface area contributed by atoms with Gasteiger partial charge in [0.25, 0.3) is 4.39 Å². The third kappa shape index (κ3) is 3.90. The highest BCUT2D eigenvalue weighted by Gasteiger charge is 2.57. The van der Waals surface area contributed by atoms with Crippen LogP contribution < -0.4 is 4.90 Å². The van der Waals surface area contributed by atoms with Crippen LogP contribution in [0.25, 0.3) is 0 Å². The fourth-order valence-corrected chi connectivity index (χ4v) is 7.14. The zero-order valence-electron chi connectivity index (χ0n) is 13.5. The fourth-order valence-electron chi connectivity index (χ4n) is 2.20. The number of thioether (sulfide) groups is 2. The Bertz CT molecular complexity index is 721. The van der Waals surface area contributed by atoms with Crippen LogP contribution in [0.5, 0.6) is 0 Å². The lowest BCUT2D eigenvalue weighted by Gasteiger charge is -2.39. The van der Waals surface area contributed by atoms with Gasteiger partial charge in [-0.2, -0.15) is 21.6 Å². The largest absolute Gasteiger partial charge is 0.523 e. The van der Waals surface area contributed by atoms with Crippen LogP contribution in [0.15, 0.2) is 29.2 Å². The summed E-state index contributed by atoms with van der Waals surface area (Å²) in [6.45, 7) is 6.17. The van der Waals surface area contributed by atoms with Crippen LogP contribution in [0.2, 0.25) is 19.6 Å². The van der Waals surface area contributed by atoms with E-state index in [1.807, 2.05) is 0 Å². The predicted molar refractivity (Wildman–Crippen MR) is 95.3 cm³/mol. The Hall–Kier alpha value is -0.363. The van der Waals surface area contributed by atoms with Crippen molar-refractivity contribution in [1.29, 1.82) is 0 Å². The Morgan fingerprint density at radius 2 is 1.88 bits per heavy atom. The molecular formula is C13H18F3NO3S3Si. The summed E-state index contributed by atoms with van der Waals surface area (Å²) in [5, 5.41) is 0. The zero-order chi connectivity index (χ0) is 18.4. The van der Waals surface area contributed by atoms with Crippen LogP contribution in [-0.4, -0.2) is 38.8 Å². The Morgan fingerprint density at radius 1 is 1.29 bits per heavy atom. The molecule has 1 unspecified atom stereocenters. The SMILES string of the molecule is CSC1(OS(=O)(=O)C(F)(F)F)Sc2ccccc2N1C[Si](C)(C)C. The highest BCUT2D eigenvalue weighted by molar-refractivity contribution is 8.18. The third-order valence-corrected chi connectivity index (χ3v) is 8.31. The van der Waals surface area contributed by atoms with Crippen LogP contribution in [0, 0.1) is 0 Å². The summed E-state index contributed by atoms with van der Waals surface area (Å²) in [5.74, 6) is 0. The zero-order valence-corrected chi connectivity index (χ0v) is 17.0. The fraction of sp³-hybridized carbons (Fsp3) is 0.538. The minimum Gasteiger partial charge on any atom is -0.327 e. The molecule has 0 saturated carbocycles. The first-order valence-electron chi connectivity index (χ1n) is 6.94. The monoisotopic (exact) mass is 417 g/mol. The van der Waals surface area contributed by atoms with Crippen molar-refractivity contribution in [2.45, 2.75) is 34.4 Å². The number of alkyl halides is 3. The van der Waals surface area contributed by atoms with E-state index in [2.05, 4.69) is 19.6 Å². The Labute approximate surface area is 149 Å². The summed E-state index contributed by atoms with van der Waals surface area (Å²) in [7, 11) is -7.50. The van der Waals surface area contributed by atoms with Gasteiger partial charge in [-0.1, -0.05) is 55.3 Å². The van der Waals surface area contributed by atoms with E-state index < -0.39 is 28.1 Å². The van der Waals surface area contributed by atoms with Gasteiger partial charge in [-0.3, -0.25) is 0 Å². The number of para-hydroxylation sites is 1. The maximum atomic E-state index is 12.8. The summed E-state index contributed by atoms with van der Waals surface area (Å²) >= 11 is 1.92. The van der Waals surface area contributed by atoms with Crippen molar-refractivity contribution in [3.8, 4) is 0 Å². The van der Waals surface area contributed by atoms with Gasteiger partial charge in [0.15, 0.2) is 0 Å². The molecule has 0 spiro atoms. The topological polar surface area (TPSA) is 46.6 Å². The van der Waals surface area contributed by atoms with Crippen LogP contribution >= 0.6 is 23.5 Å². The van der Waals surface area contributed by atoms with Gasteiger partial charge in [-0.05, 0) is 18.4 Å². The molecule has 2 rings (SSSR count). The van der Waals surface area contributed by atoms with Crippen molar-refractivity contribution in [3.05, 3.63) is 24.3 Å². The van der Waals surface area contributed by atoms with Crippen molar-refractivity contribution >= 4 is 47.4 Å². The van der Waals surface area contributed by atoms with Gasteiger partial charge >= 0.3 is 15.6 Å². The van der Waals surface area contributed by atoms with Crippen LogP contribution in [0.4, 0.5) is 18.9 Å². The van der Waals surface area contributed by atoms with Crippen LogP contribution in [-0.2, 0) is 14.3 Å². The molecule has 1 aliphatic heterocycles. The first kappa shape index (κ1) is 20.0. The molecule has 0 N–H and O–H groups in total. The molecular weight excluding hydrogens is 399 g/mol. The van der Waals surface area contributed by atoms with Gasteiger partial charge in [0, 0.05) is 11.1 Å². The van der Waals surface area contributed by atoms with Gasteiger partial charge in [0.05, 0.1) is 13.8 Å². The molecule has 1 aromatic rings. The van der Waals surface area contributed by atoms with E-state index in [1.165, 1.54) is 0 Å². The summed E-state index contributed by atoms with van der Waals surface area (Å²) < 4.78 is 64.9. The molecule has 1 aliphatic rings. The molecule has 0 amide bonds. The lowest BCUT2D eigenvalue weighted by molar-refractivity contribution is -0.0557. The molecule has 1 heterocycles. The number of anilines is 1. The minimum atomic E-state index is -5.73. The molecule has 1 aromatic carbocycles. The highest BCUT2D eigenvalue weighted by atomic mass is 32.2. The van der Waals surface area contributed by atoms with E-state index in [-0.39, 0.29) is 0 Å². The number of benzene rings is 1. The quantitative estimate of drug-likeness (QED) is 0.308. The number of rotatable bonds is 5. The van der Waals surface area contributed by atoms with E-state index in [1.54, 1.807) is 35.4 Å². The average Bonchev–Trinajstić information content (AvgIpc) is 2.70. The molecule has 0 saturated heterocycles. The molecule has 0 aliphatic carbocycles. The van der Waals surface area contributed by atoms with Crippen LogP contribution in [0.3, 0.4) is 0 Å². The second-order valence-corrected chi connectivity index (χ2v) is 15.8. The average molecular weight is 418 g/mol. The molecule has 0 aromatic heterocycles. The third-order valence-electron chi connectivity index (χ3n) is 3.11. The number of hydrogen-bond acceptors (Lipinski definition) is 6. The van der Waals surface area contributed by atoms with Gasteiger partial charge in [-0.15, -0.1) is 0 Å². The van der Waals surface area contributed by atoms with Crippen molar-refractivity contribution in [2.75, 3.05) is 17.3 Å². The number of halogens is 3.